The molecular weight excluding hydrogens is 376 g/mol. The van der Waals surface area contributed by atoms with Crippen LogP contribution in [0.25, 0.3) is 11.1 Å². The number of hydrogen-bond donors (Lipinski definition) is 1. The van der Waals surface area contributed by atoms with Gasteiger partial charge in [-0.25, -0.2) is 14.1 Å². The predicted octanol–water partition coefficient (Wildman–Crippen LogP) is 3.99. The lowest BCUT2D eigenvalue weighted by molar-refractivity contribution is 0.434. The molecule has 1 aliphatic rings. The summed E-state index contributed by atoms with van der Waals surface area (Å²) in [6.07, 6.45) is 3.33. The first-order chi connectivity index (χ1) is 12.4. The van der Waals surface area contributed by atoms with Crippen LogP contribution in [0, 0.1) is 11.7 Å². The van der Waals surface area contributed by atoms with E-state index in [4.69, 9.17) is 29.0 Å². The van der Waals surface area contributed by atoms with Gasteiger partial charge in [0.25, 0.3) is 5.62 Å². The van der Waals surface area contributed by atoms with Gasteiger partial charge >= 0.3 is 0 Å². The lowest BCUT2D eigenvalue weighted by Gasteiger charge is -2.34. The molecule has 1 saturated heterocycles. The van der Waals surface area contributed by atoms with Crippen molar-refractivity contribution in [1.29, 1.82) is 0 Å². The summed E-state index contributed by atoms with van der Waals surface area (Å²) in [6.45, 7) is 7.32. The van der Waals surface area contributed by atoms with E-state index in [0.29, 0.717) is 17.3 Å². The van der Waals surface area contributed by atoms with Gasteiger partial charge in [0.1, 0.15) is 16.8 Å². The van der Waals surface area contributed by atoms with E-state index < -0.39 is 5.82 Å². The van der Waals surface area contributed by atoms with Gasteiger partial charge in [0.2, 0.25) is 0 Å². The second kappa shape index (κ2) is 7.68. The van der Waals surface area contributed by atoms with E-state index in [1.165, 1.54) is 16.9 Å². The first kappa shape index (κ1) is 18.7. The van der Waals surface area contributed by atoms with Crippen molar-refractivity contribution in [2.75, 3.05) is 23.8 Å². The molecule has 1 aliphatic heterocycles. The topological polar surface area (TPSA) is 59.4 Å². The van der Waals surface area contributed by atoms with Gasteiger partial charge in [-0.2, -0.15) is 4.98 Å². The zero-order chi connectivity index (χ0) is 18.8. The summed E-state index contributed by atoms with van der Waals surface area (Å²) in [6, 6.07) is 4.49. The van der Waals surface area contributed by atoms with Gasteiger partial charge in [-0.05, 0) is 30.9 Å². The maximum atomic E-state index is 14.6. The molecule has 2 heterocycles. The van der Waals surface area contributed by atoms with Crippen LogP contribution in [-0.4, -0.2) is 22.7 Å². The highest BCUT2D eigenvalue weighted by Gasteiger charge is 2.27. The molecule has 0 aliphatic carbocycles. The van der Waals surface area contributed by atoms with Crippen LogP contribution in [0.4, 0.5) is 10.2 Å². The average molecular weight is 396 g/mol. The van der Waals surface area contributed by atoms with Crippen molar-refractivity contribution >= 4 is 29.0 Å². The van der Waals surface area contributed by atoms with Crippen LogP contribution in [0.3, 0.4) is 0 Å². The summed E-state index contributed by atoms with van der Waals surface area (Å²) in [7, 11) is 0. The Balaban J connectivity index is 2.32. The second-order valence-corrected chi connectivity index (χ2v) is 7.11. The number of piperidine rings is 1. The molecule has 0 radical (unpaired) electrons. The Morgan fingerprint density at radius 3 is 2.62 bits per heavy atom. The minimum Gasteiger partial charge on any atom is -0.356 e. The van der Waals surface area contributed by atoms with E-state index in [2.05, 4.69) is 28.4 Å². The number of aromatic nitrogens is 2. The third-order valence-corrected chi connectivity index (χ3v) is 5.16. The Kier molecular flexibility index (Phi) is 5.53. The van der Waals surface area contributed by atoms with Crippen molar-refractivity contribution in [2.24, 2.45) is 10.9 Å². The molecule has 0 unspecified atom stereocenters. The fourth-order valence-corrected chi connectivity index (χ4v) is 3.67. The number of benzene rings is 1. The third-order valence-electron chi connectivity index (χ3n) is 4.57. The molecular formula is C18H20Cl2FN5. The Morgan fingerprint density at radius 1 is 1.31 bits per heavy atom. The van der Waals surface area contributed by atoms with E-state index >= 15 is 0 Å². The molecule has 5 nitrogen and oxygen atoms in total. The van der Waals surface area contributed by atoms with E-state index in [1.54, 1.807) is 12.1 Å². The molecule has 138 valence electrons. The first-order valence-corrected chi connectivity index (χ1v) is 9.11. The van der Waals surface area contributed by atoms with Gasteiger partial charge in [0.05, 0.1) is 10.6 Å². The lowest BCUT2D eigenvalue weighted by Crippen LogP contribution is -2.41. The van der Waals surface area contributed by atoms with E-state index in [0.717, 1.165) is 25.9 Å². The minimum atomic E-state index is -0.485. The summed E-state index contributed by atoms with van der Waals surface area (Å²) >= 11 is 12.7. The third kappa shape index (κ3) is 3.44. The summed E-state index contributed by atoms with van der Waals surface area (Å²) in [5, 5.41) is 0.335. The monoisotopic (exact) mass is 395 g/mol. The van der Waals surface area contributed by atoms with Gasteiger partial charge in [-0.3, -0.25) is 0 Å². The number of hydrogen-bond acceptors (Lipinski definition) is 4. The van der Waals surface area contributed by atoms with Crippen LogP contribution in [0.1, 0.15) is 19.8 Å². The molecule has 1 aromatic heterocycles. The fourth-order valence-electron chi connectivity index (χ4n) is 3.16. The molecule has 0 bridgehead atoms. The number of nitrogen functional groups attached to an aromatic ring is 1. The predicted molar refractivity (Wildman–Crippen MR) is 104 cm³/mol. The standard InChI is InChI=1S/C18H20Cl2FN5/c1-3-23-18-24-16(20)15(14-12(19)5-4-6-13(14)21)17(26(18)22)25-9-7-11(2)8-10-25/h3-6,11H,1,7-10,22H2,2H3. The smallest absolute Gasteiger partial charge is 0.251 e. The largest absolute Gasteiger partial charge is 0.356 e. The van der Waals surface area contributed by atoms with Crippen molar-refractivity contribution in [3.63, 3.8) is 0 Å². The molecule has 3 rings (SSSR count). The van der Waals surface area contributed by atoms with Gasteiger partial charge < -0.3 is 10.7 Å². The van der Waals surface area contributed by atoms with Crippen molar-refractivity contribution in [1.82, 2.24) is 9.66 Å². The second-order valence-electron chi connectivity index (χ2n) is 6.35. The summed E-state index contributed by atoms with van der Waals surface area (Å²) < 4.78 is 15.9. The van der Waals surface area contributed by atoms with E-state index in [1.807, 2.05) is 0 Å². The molecule has 0 amide bonds. The van der Waals surface area contributed by atoms with Crippen molar-refractivity contribution in [2.45, 2.75) is 19.8 Å². The molecule has 0 atom stereocenters. The molecule has 8 heteroatoms. The highest BCUT2D eigenvalue weighted by Crippen LogP contribution is 2.40. The van der Waals surface area contributed by atoms with Crippen LogP contribution in [0.2, 0.25) is 10.2 Å². The molecule has 1 aromatic carbocycles. The fraction of sp³-hybridized carbons (Fsp3) is 0.333. The van der Waals surface area contributed by atoms with E-state index in [9.17, 15) is 4.39 Å². The van der Waals surface area contributed by atoms with Crippen molar-refractivity contribution in [3.05, 3.63) is 52.6 Å². The van der Waals surface area contributed by atoms with Gasteiger partial charge in [0, 0.05) is 24.9 Å². The highest BCUT2D eigenvalue weighted by molar-refractivity contribution is 6.36. The normalized spacial score (nSPS) is 16.2. The average Bonchev–Trinajstić information content (AvgIpc) is 2.60. The van der Waals surface area contributed by atoms with Gasteiger partial charge in [0.15, 0.2) is 0 Å². The molecule has 2 N–H and O–H groups in total. The number of nitrogens with two attached hydrogens (primary N) is 1. The Morgan fingerprint density at radius 2 is 2.00 bits per heavy atom. The maximum absolute atomic E-state index is 14.6. The van der Waals surface area contributed by atoms with Crippen LogP contribution in [-0.2, 0) is 0 Å². The molecule has 1 fully saturated rings. The Labute approximate surface area is 161 Å². The van der Waals surface area contributed by atoms with Gasteiger partial charge in [-0.15, -0.1) is 0 Å². The molecule has 26 heavy (non-hydrogen) atoms. The van der Waals surface area contributed by atoms with Gasteiger partial charge in [-0.1, -0.05) is 42.8 Å². The van der Waals surface area contributed by atoms with Crippen LogP contribution >= 0.6 is 23.2 Å². The number of rotatable bonds is 3. The number of nitrogens with zero attached hydrogens (tertiary/aromatic N) is 4. The minimum absolute atomic E-state index is 0.0907. The Bertz CT molecular complexity index is 881. The zero-order valence-corrected chi connectivity index (χ0v) is 15.9. The number of anilines is 1. The van der Waals surface area contributed by atoms with Crippen LogP contribution < -0.4 is 16.4 Å². The highest BCUT2D eigenvalue weighted by atomic mass is 35.5. The Hall–Kier alpha value is -2.05. The maximum Gasteiger partial charge on any atom is 0.251 e. The SMILES string of the molecule is C=CN=c1nc(Cl)c(-c2c(F)cccc2Cl)c(N2CCC(C)CC2)n1N. The van der Waals surface area contributed by atoms with Crippen molar-refractivity contribution < 1.29 is 4.39 Å². The van der Waals surface area contributed by atoms with Crippen LogP contribution in [0.15, 0.2) is 36.0 Å². The summed E-state index contributed by atoms with van der Waals surface area (Å²) in [4.78, 5) is 10.4. The van der Waals surface area contributed by atoms with Crippen molar-refractivity contribution in [3.8, 4) is 11.1 Å². The molecule has 0 saturated carbocycles. The number of halogens is 3. The first-order valence-electron chi connectivity index (χ1n) is 8.35. The van der Waals surface area contributed by atoms with E-state index in [-0.39, 0.29) is 21.4 Å². The lowest BCUT2D eigenvalue weighted by atomic mass is 9.98. The quantitative estimate of drug-likeness (QED) is 0.631. The summed E-state index contributed by atoms with van der Waals surface area (Å²) in [5.74, 6) is 6.97. The van der Waals surface area contributed by atoms with Crippen LogP contribution in [0.5, 0.6) is 0 Å². The summed E-state index contributed by atoms with van der Waals surface area (Å²) in [5.41, 5.74) is 0.745. The molecule has 2 aromatic rings. The zero-order valence-electron chi connectivity index (χ0n) is 14.4. The molecule has 0 spiro atoms.